The van der Waals surface area contributed by atoms with Gasteiger partial charge in [0.25, 0.3) is 0 Å². The minimum absolute atomic E-state index is 0.00810. The zero-order valence-electron chi connectivity index (χ0n) is 17.1. The fourth-order valence-corrected chi connectivity index (χ4v) is 6.43. The van der Waals surface area contributed by atoms with Gasteiger partial charge in [0.1, 0.15) is 11.9 Å². The third kappa shape index (κ3) is 3.21. The molecule has 2 saturated carbocycles. The highest BCUT2D eigenvalue weighted by Crippen LogP contribution is 2.62. The van der Waals surface area contributed by atoms with Crippen LogP contribution >= 0.6 is 0 Å². The van der Waals surface area contributed by atoms with E-state index in [1.807, 2.05) is 12.1 Å². The van der Waals surface area contributed by atoms with E-state index in [4.69, 9.17) is 13.9 Å². The lowest BCUT2D eigenvalue weighted by molar-refractivity contribution is -0.147. The number of carbonyl (C=O) groups excluding carboxylic acids is 1. The number of nitrogens with one attached hydrogen (secondary N) is 1. The quantitative estimate of drug-likeness (QED) is 0.595. The third-order valence-electron chi connectivity index (χ3n) is 8.17. The molecule has 0 unspecified atom stereocenters. The number of epoxide rings is 1. The Morgan fingerprint density at radius 3 is 2.96 bits per heavy atom. The molecule has 0 radical (unpaired) electrons. The van der Waals surface area contributed by atoms with E-state index in [-0.39, 0.29) is 29.0 Å². The van der Waals surface area contributed by atoms with Crippen molar-refractivity contribution in [2.75, 3.05) is 13.2 Å². The normalized spacial score (nSPS) is 42.7. The highest BCUT2D eigenvalue weighted by atomic mass is 16.6. The van der Waals surface area contributed by atoms with Gasteiger partial charge in [0.05, 0.1) is 24.4 Å². The molecule has 5 nitrogen and oxygen atoms in total. The van der Waals surface area contributed by atoms with Gasteiger partial charge in [-0.3, -0.25) is 4.79 Å². The summed E-state index contributed by atoms with van der Waals surface area (Å²) in [5, 5.41) is 3.59. The molecule has 0 bridgehead atoms. The Labute approximate surface area is 167 Å². The van der Waals surface area contributed by atoms with Crippen LogP contribution in [-0.4, -0.2) is 36.9 Å². The molecule has 2 saturated heterocycles. The fraction of sp³-hybridized carbons (Fsp3) is 0.783. The van der Waals surface area contributed by atoms with Crippen LogP contribution in [0.5, 0.6) is 0 Å². The Morgan fingerprint density at radius 1 is 1.36 bits per heavy atom. The summed E-state index contributed by atoms with van der Waals surface area (Å²) in [4.78, 5) is 12.7. The van der Waals surface area contributed by atoms with Crippen molar-refractivity contribution >= 4 is 5.97 Å². The van der Waals surface area contributed by atoms with Gasteiger partial charge in [-0.1, -0.05) is 6.92 Å². The molecule has 5 rings (SSSR count). The van der Waals surface area contributed by atoms with Crippen molar-refractivity contribution in [1.82, 2.24) is 5.32 Å². The molecule has 154 valence electrons. The molecule has 2 aliphatic carbocycles. The minimum Gasteiger partial charge on any atom is -0.469 e. The first-order chi connectivity index (χ1) is 13.5. The van der Waals surface area contributed by atoms with Gasteiger partial charge in [-0.25, -0.2) is 0 Å². The number of hydrogen-bond acceptors (Lipinski definition) is 5. The Balaban J connectivity index is 1.21. The Morgan fingerprint density at radius 2 is 2.21 bits per heavy atom. The molecule has 0 aromatic carbocycles. The van der Waals surface area contributed by atoms with Crippen molar-refractivity contribution in [1.29, 1.82) is 0 Å². The van der Waals surface area contributed by atoms with Crippen LogP contribution in [0.15, 0.2) is 22.8 Å². The SMILES string of the molecule is C[C@H](CCc1ccco1)NC[C@@H]1C(=O)O[C@@H]2C[C@@]3(C)CCC[C@]4(CO4)[C@@H]3C[C@H]12. The molecular formula is C23H33NO4. The molecule has 1 aromatic rings. The molecular weight excluding hydrogens is 354 g/mol. The number of esters is 1. The van der Waals surface area contributed by atoms with Crippen LogP contribution in [0.2, 0.25) is 0 Å². The van der Waals surface area contributed by atoms with Crippen LogP contribution < -0.4 is 5.32 Å². The number of fused-ring (bicyclic) bond motifs is 3. The van der Waals surface area contributed by atoms with Crippen molar-refractivity contribution in [3.05, 3.63) is 24.2 Å². The second-order valence-corrected chi connectivity index (χ2v) is 10.0. The van der Waals surface area contributed by atoms with Crippen LogP contribution in [0.4, 0.5) is 0 Å². The van der Waals surface area contributed by atoms with Gasteiger partial charge in [0.2, 0.25) is 0 Å². The topological polar surface area (TPSA) is 64.0 Å². The predicted molar refractivity (Wildman–Crippen MR) is 105 cm³/mol. The summed E-state index contributed by atoms with van der Waals surface area (Å²) in [6.07, 6.45) is 9.54. The molecule has 1 aromatic heterocycles. The number of rotatable bonds is 6. The maximum atomic E-state index is 12.7. The molecule has 0 amide bonds. The van der Waals surface area contributed by atoms with E-state index in [1.54, 1.807) is 6.26 Å². The second-order valence-electron chi connectivity index (χ2n) is 10.0. The number of aryl methyl sites for hydroxylation is 1. The van der Waals surface area contributed by atoms with Gasteiger partial charge >= 0.3 is 5.97 Å². The van der Waals surface area contributed by atoms with Crippen LogP contribution in [0, 0.1) is 23.2 Å². The molecule has 7 atom stereocenters. The monoisotopic (exact) mass is 387 g/mol. The second kappa shape index (κ2) is 6.88. The van der Waals surface area contributed by atoms with Gasteiger partial charge in [0, 0.05) is 24.9 Å². The van der Waals surface area contributed by atoms with Gasteiger partial charge in [-0.05, 0) is 68.9 Å². The van der Waals surface area contributed by atoms with Crippen molar-refractivity contribution in [3.63, 3.8) is 0 Å². The number of hydrogen-bond donors (Lipinski definition) is 1. The van der Waals surface area contributed by atoms with E-state index in [1.165, 1.54) is 19.3 Å². The molecule has 3 heterocycles. The summed E-state index contributed by atoms with van der Waals surface area (Å²) in [6, 6.07) is 4.30. The van der Waals surface area contributed by atoms with Crippen LogP contribution in [0.3, 0.4) is 0 Å². The van der Waals surface area contributed by atoms with E-state index >= 15 is 0 Å². The lowest BCUT2D eigenvalue weighted by Crippen LogP contribution is -2.51. The smallest absolute Gasteiger partial charge is 0.310 e. The van der Waals surface area contributed by atoms with E-state index < -0.39 is 0 Å². The Hall–Kier alpha value is -1.33. The van der Waals surface area contributed by atoms with E-state index in [0.29, 0.717) is 17.9 Å². The van der Waals surface area contributed by atoms with Crippen LogP contribution in [-0.2, 0) is 20.7 Å². The van der Waals surface area contributed by atoms with Gasteiger partial charge in [-0.2, -0.15) is 0 Å². The molecule has 1 N–H and O–H groups in total. The third-order valence-corrected chi connectivity index (χ3v) is 8.17. The van der Waals surface area contributed by atoms with Crippen molar-refractivity contribution in [3.8, 4) is 0 Å². The molecule has 28 heavy (non-hydrogen) atoms. The Kier molecular flexibility index (Phi) is 4.59. The summed E-state index contributed by atoms with van der Waals surface area (Å²) in [5.41, 5.74) is 0.396. The summed E-state index contributed by atoms with van der Waals surface area (Å²) >= 11 is 0. The van der Waals surface area contributed by atoms with E-state index in [9.17, 15) is 4.79 Å². The number of furan rings is 1. The molecule has 5 heteroatoms. The largest absolute Gasteiger partial charge is 0.469 e. The first kappa shape index (κ1) is 18.7. The standard InChI is InChI=1S/C23H33NO4/c1-15(6-7-16-5-3-10-26-16)24-13-18-17-11-20-22(2,12-19(17)28-21(18)25)8-4-9-23(20)14-27-23/h3,5,10,15,17-20,24H,4,6-9,11-14H2,1-2H3/t15-,17-,18+,19-,20-,22-,23+/m1/s1. The molecule has 2 aliphatic heterocycles. The highest BCUT2D eigenvalue weighted by molar-refractivity contribution is 5.75. The lowest BCUT2D eigenvalue weighted by Gasteiger charge is -2.51. The van der Waals surface area contributed by atoms with Gasteiger partial charge in [-0.15, -0.1) is 0 Å². The maximum absolute atomic E-state index is 12.7. The summed E-state index contributed by atoms with van der Waals surface area (Å²) in [6.45, 7) is 6.24. The minimum atomic E-state index is -0.0154. The van der Waals surface area contributed by atoms with Crippen molar-refractivity contribution in [2.45, 2.75) is 76.5 Å². The zero-order chi connectivity index (χ0) is 19.4. The first-order valence-corrected chi connectivity index (χ1v) is 11.1. The van der Waals surface area contributed by atoms with Crippen LogP contribution in [0.25, 0.3) is 0 Å². The summed E-state index contributed by atoms with van der Waals surface area (Å²) in [7, 11) is 0. The molecule has 4 fully saturated rings. The van der Waals surface area contributed by atoms with Crippen LogP contribution in [0.1, 0.15) is 58.1 Å². The van der Waals surface area contributed by atoms with E-state index in [2.05, 4.69) is 19.2 Å². The average Bonchev–Trinajstić information content (AvgIpc) is 3.11. The zero-order valence-corrected chi connectivity index (χ0v) is 17.1. The fourth-order valence-electron chi connectivity index (χ4n) is 6.43. The summed E-state index contributed by atoms with van der Waals surface area (Å²) in [5.74, 6) is 1.94. The van der Waals surface area contributed by atoms with Crippen molar-refractivity contribution in [2.24, 2.45) is 23.2 Å². The average molecular weight is 388 g/mol. The molecule has 1 spiro atoms. The lowest BCUT2D eigenvalue weighted by atomic mass is 9.53. The molecule has 4 aliphatic rings. The van der Waals surface area contributed by atoms with Crippen molar-refractivity contribution < 1.29 is 18.7 Å². The number of carbonyl (C=O) groups is 1. The van der Waals surface area contributed by atoms with Gasteiger partial charge in [0.15, 0.2) is 0 Å². The highest BCUT2D eigenvalue weighted by Gasteiger charge is 2.64. The summed E-state index contributed by atoms with van der Waals surface area (Å²) < 4.78 is 17.3. The predicted octanol–water partition coefficient (Wildman–Crippen LogP) is 3.72. The number of ether oxygens (including phenoxy) is 2. The van der Waals surface area contributed by atoms with E-state index in [0.717, 1.165) is 44.6 Å². The Bertz CT molecular complexity index is 712. The first-order valence-electron chi connectivity index (χ1n) is 11.1. The maximum Gasteiger partial charge on any atom is 0.310 e. The van der Waals surface area contributed by atoms with Gasteiger partial charge < -0.3 is 19.2 Å².